The van der Waals surface area contributed by atoms with Crippen LogP contribution in [-0.2, 0) is 6.42 Å². The second kappa shape index (κ2) is 2.79. The molecule has 1 heterocycles. The lowest BCUT2D eigenvalue weighted by Gasteiger charge is -2.04. The van der Waals surface area contributed by atoms with Crippen molar-refractivity contribution in [2.24, 2.45) is 5.73 Å². The number of hydrogen-bond donors (Lipinski definition) is 1. The van der Waals surface area contributed by atoms with Crippen molar-refractivity contribution >= 4 is 0 Å². The largest absolute Gasteiger partial charge is 0.491 e. The van der Waals surface area contributed by atoms with Gasteiger partial charge in [0.2, 0.25) is 0 Å². The molecule has 2 nitrogen and oxygen atoms in total. The second-order valence-electron chi connectivity index (χ2n) is 3.11. The summed E-state index contributed by atoms with van der Waals surface area (Å²) in [6, 6.07) is 6.27. The van der Waals surface area contributed by atoms with Crippen LogP contribution < -0.4 is 10.5 Å². The molecule has 0 fully saturated rings. The Morgan fingerprint density at radius 3 is 3.17 bits per heavy atom. The van der Waals surface area contributed by atoms with E-state index in [9.17, 15) is 0 Å². The van der Waals surface area contributed by atoms with Gasteiger partial charge in [-0.2, -0.15) is 0 Å². The zero-order chi connectivity index (χ0) is 8.55. The van der Waals surface area contributed by atoms with Crippen LogP contribution in [0.15, 0.2) is 18.2 Å². The molecular formula is C10H13NO. The van der Waals surface area contributed by atoms with Crippen molar-refractivity contribution in [1.29, 1.82) is 0 Å². The predicted octanol–water partition coefficient (Wildman–Crippen LogP) is 1.64. The van der Waals surface area contributed by atoms with Crippen molar-refractivity contribution in [1.82, 2.24) is 0 Å². The fourth-order valence-corrected chi connectivity index (χ4v) is 1.61. The van der Waals surface area contributed by atoms with E-state index < -0.39 is 0 Å². The first-order valence-corrected chi connectivity index (χ1v) is 4.33. The van der Waals surface area contributed by atoms with E-state index in [1.807, 2.05) is 12.1 Å². The standard InChI is InChI=1S/C10H13NO/c1-2-7-4-3-5-8-9(11)6-12-10(7)8/h3-5,9H,2,6,11H2,1H3/t9-/m1/s1. The van der Waals surface area contributed by atoms with Crippen LogP contribution in [-0.4, -0.2) is 6.61 Å². The average Bonchev–Trinajstić information content (AvgIpc) is 2.48. The van der Waals surface area contributed by atoms with Gasteiger partial charge in [-0.3, -0.25) is 0 Å². The minimum atomic E-state index is 0.0755. The highest BCUT2D eigenvalue weighted by Gasteiger charge is 2.21. The molecule has 12 heavy (non-hydrogen) atoms. The van der Waals surface area contributed by atoms with Crippen molar-refractivity contribution in [3.63, 3.8) is 0 Å². The molecule has 1 aromatic rings. The van der Waals surface area contributed by atoms with Crippen molar-refractivity contribution in [2.75, 3.05) is 6.61 Å². The molecule has 0 aromatic heterocycles. The molecule has 2 N–H and O–H groups in total. The maximum absolute atomic E-state index is 5.84. The lowest BCUT2D eigenvalue weighted by atomic mass is 10.0. The molecule has 0 spiro atoms. The van der Waals surface area contributed by atoms with E-state index in [0.29, 0.717) is 6.61 Å². The molecule has 0 aliphatic carbocycles. The Morgan fingerprint density at radius 1 is 1.58 bits per heavy atom. The van der Waals surface area contributed by atoms with E-state index in [-0.39, 0.29) is 6.04 Å². The maximum Gasteiger partial charge on any atom is 0.127 e. The van der Waals surface area contributed by atoms with E-state index in [0.717, 1.165) is 17.7 Å². The number of fused-ring (bicyclic) bond motifs is 1. The number of nitrogens with two attached hydrogens (primary N) is 1. The molecule has 1 atom stereocenters. The summed E-state index contributed by atoms with van der Waals surface area (Å²) in [7, 11) is 0. The van der Waals surface area contributed by atoms with Crippen LogP contribution in [0.5, 0.6) is 5.75 Å². The molecule has 1 aromatic carbocycles. The van der Waals surface area contributed by atoms with E-state index in [2.05, 4.69) is 13.0 Å². The van der Waals surface area contributed by atoms with E-state index in [1.165, 1.54) is 5.56 Å². The van der Waals surface area contributed by atoms with Gasteiger partial charge in [-0.15, -0.1) is 0 Å². The molecule has 0 bridgehead atoms. The summed E-state index contributed by atoms with van der Waals surface area (Å²) < 4.78 is 5.51. The number of benzene rings is 1. The molecule has 1 aliphatic rings. The third kappa shape index (κ3) is 0.994. The van der Waals surface area contributed by atoms with Crippen LogP contribution in [0.4, 0.5) is 0 Å². The average molecular weight is 163 g/mol. The van der Waals surface area contributed by atoms with Gasteiger partial charge in [0.15, 0.2) is 0 Å². The predicted molar refractivity (Wildman–Crippen MR) is 48.2 cm³/mol. The third-order valence-corrected chi connectivity index (χ3v) is 2.31. The van der Waals surface area contributed by atoms with Gasteiger partial charge in [0.25, 0.3) is 0 Å². The summed E-state index contributed by atoms with van der Waals surface area (Å²) >= 11 is 0. The van der Waals surface area contributed by atoms with Gasteiger partial charge in [0.1, 0.15) is 12.4 Å². The number of aryl methyl sites for hydroxylation is 1. The molecule has 0 saturated carbocycles. The molecule has 0 saturated heterocycles. The van der Waals surface area contributed by atoms with Crippen LogP contribution in [0.2, 0.25) is 0 Å². The first kappa shape index (κ1) is 7.62. The lowest BCUT2D eigenvalue weighted by Crippen LogP contribution is -2.10. The molecule has 1 aliphatic heterocycles. The lowest BCUT2D eigenvalue weighted by molar-refractivity contribution is 0.331. The minimum Gasteiger partial charge on any atom is -0.491 e. The molecule has 0 unspecified atom stereocenters. The van der Waals surface area contributed by atoms with Crippen molar-refractivity contribution < 1.29 is 4.74 Å². The van der Waals surface area contributed by atoms with Crippen LogP contribution in [0.1, 0.15) is 24.1 Å². The fourth-order valence-electron chi connectivity index (χ4n) is 1.61. The van der Waals surface area contributed by atoms with Gasteiger partial charge in [-0.05, 0) is 12.0 Å². The van der Waals surface area contributed by atoms with Gasteiger partial charge in [-0.25, -0.2) is 0 Å². The van der Waals surface area contributed by atoms with Gasteiger partial charge in [0, 0.05) is 5.56 Å². The van der Waals surface area contributed by atoms with Gasteiger partial charge in [0.05, 0.1) is 6.04 Å². The van der Waals surface area contributed by atoms with Crippen LogP contribution in [0, 0.1) is 0 Å². The van der Waals surface area contributed by atoms with Crippen LogP contribution in [0.25, 0.3) is 0 Å². The first-order valence-electron chi connectivity index (χ1n) is 4.33. The highest BCUT2D eigenvalue weighted by atomic mass is 16.5. The summed E-state index contributed by atoms with van der Waals surface area (Å²) in [5.41, 5.74) is 8.27. The van der Waals surface area contributed by atoms with E-state index in [1.54, 1.807) is 0 Å². The summed E-state index contributed by atoms with van der Waals surface area (Å²) in [5.74, 6) is 1.02. The minimum absolute atomic E-state index is 0.0755. The second-order valence-corrected chi connectivity index (χ2v) is 3.11. The Labute approximate surface area is 72.3 Å². The molecule has 64 valence electrons. The Bertz CT molecular complexity index is 296. The number of para-hydroxylation sites is 1. The Balaban J connectivity index is 2.50. The molecule has 2 rings (SSSR count). The Hall–Kier alpha value is -1.02. The normalized spacial score (nSPS) is 20.3. The molecule has 0 radical (unpaired) electrons. The molecule has 0 amide bonds. The van der Waals surface area contributed by atoms with Crippen LogP contribution in [0.3, 0.4) is 0 Å². The van der Waals surface area contributed by atoms with Gasteiger partial charge < -0.3 is 10.5 Å². The summed E-state index contributed by atoms with van der Waals surface area (Å²) in [5, 5.41) is 0. The number of rotatable bonds is 1. The van der Waals surface area contributed by atoms with Crippen molar-refractivity contribution in [2.45, 2.75) is 19.4 Å². The summed E-state index contributed by atoms with van der Waals surface area (Å²) in [6.07, 6.45) is 1.01. The Kier molecular flexibility index (Phi) is 1.77. The summed E-state index contributed by atoms with van der Waals surface area (Å²) in [6.45, 7) is 2.76. The SMILES string of the molecule is CCc1cccc2c1OC[C@H]2N. The quantitative estimate of drug-likeness (QED) is 0.683. The smallest absolute Gasteiger partial charge is 0.127 e. The van der Waals surface area contributed by atoms with Gasteiger partial charge >= 0.3 is 0 Å². The van der Waals surface area contributed by atoms with Crippen molar-refractivity contribution in [3.05, 3.63) is 29.3 Å². The topological polar surface area (TPSA) is 35.2 Å². The summed E-state index contributed by atoms with van der Waals surface area (Å²) in [4.78, 5) is 0. The fraction of sp³-hybridized carbons (Fsp3) is 0.400. The number of hydrogen-bond acceptors (Lipinski definition) is 2. The van der Waals surface area contributed by atoms with E-state index >= 15 is 0 Å². The number of ether oxygens (including phenoxy) is 1. The zero-order valence-corrected chi connectivity index (χ0v) is 7.21. The Morgan fingerprint density at radius 2 is 2.42 bits per heavy atom. The highest BCUT2D eigenvalue weighted by molar-refractivity contribution is 5.45. The molecule has 2 heteroatoms. The third-order valence-electron chi connectivity index (χ3n) is 2.31. The van der Waals surface area contributed by atoms with Gasteiger partial charge in [-0.1, -0.05) is 25.1 Å². The first-order chi connectivity index (χ1) is 5.83. The van der Waals surface area contributed by atoms with Crippen LogP contribution >= 0.6 is 0 Å². The zero-order valence-electron chi connectivity index (χ0n) is 7.21. The van der Waals surface area contributed by atoms with Crippen molar-refractivity contribution in [3.8, 4) is 5.75 Å². The highest BCUT2D eigenvalue weighted by Crippen LogP contribution is 2.34. The maximum atomic E-state index is 5.84. The van der Waals surface area contributed by atoms with E-state index in [4.69, 9.17) is 10.5 Å². The molecular weight excluding hydrogens is 150 g/mol. The monoisotopic (exact) mass is 163 g/mol.